The summed E-state index contributed by atoms with van der Waals surface area (Å²) in [5.41, 5.74) is 1.48. The van der Waals surface area contributed by atoms with Gasteiger partial charge in [-0.1, -0.05) is 0 Å². The van der Waals surface area contributed by atoms with Gasteiger partial charge < -0.3 is 19.7 Å². The summed E-state index contributed by atoms with van der Waals surface area (Å²) in [5, 5.41) is 12.9. The normalized spacial score (nSPS) is 17.5. The van der Waals surface area contributed by atoms with Crippen LogP contribution in [0.2, 0.25) is 0 Å². The van der Waals surface area contributed by atoms with Crippen molar-refractivity contribution in [1.82, 2.24) is 9.21 Å². The highest BCUT2D eigenvalue weighted by molar-refractivity contribution is 7.89. The number of ether oxygens (including phenoxy) is 2. The topological polar surface area (TPSA) is 129 Å². The van der Waals surface area contributed by atoms with Crippen LogP contribution < -0.4 is 5.32 Å². The Kier molecular flexibility index (Phi) is 7.94. The van der Waals surface area contributed by atoms with Gasteiger partial charge in [-0.15, -0.1) is 11.3 Å². The molecule has 0 spiro atoms. The number of carbonyl (C=O) groups is 2. The monoisotopic (exact) mass is 532 g/mol. The van der Waals surface area contributed by atoms with Crippen LogP contribution in [-0.4, -0.2) is 69.1 Å². The van der Waals surface area contributed by atoms with Crippen molar-refractivity contribution >= 4 is 38.4 Å². The number of nitrogens with zero attached hydrogens (tertiary/aromatic N) is 3. The second kappa shape index (κ2) is 11.0. The van der Waals surface area contributed by atoms with Crippen LogP contribution in [-0.2, 0) is 32.5 Å². The van der Waals surface area contributed by atoms with Crippen molar-refractivity contribution in [3.8, 4) is 6.07 Å². The van der Waals surface area contributed by atoms with Crippen LogP contribution in [0.5, 0.6) is 0 Å². The van der Waals surface area contributed by atoms with E-state index in [9.17, 15) is 23.3 Å². The minimum atomic E-state index is -3.72. The minimum absolute atomic E-state index is 0.0860. The number of benzene rings is 1. The lowest BCUT2D eigenvalue weighted by molar-refractivity contribution is 0.0978. The summed E-state index contributed by atoms with van der Waals surface area (Å²) in [6.07, 6.45) is 1.74. The van der Waals surface area contributed by atoms with Crippen molar-refractivity contribution in [1.29, 1.82) is 5.26 Å². The van der Waals surface area contributed by atoms with Crippen molar-refractivity contribution in [2.24, 2.45) is 0 Å². The lowest BCUT2D eigenvalue weighted by Gasteiger charge is -2.25. The second-order valence-electron chi connectivity index (χ2n) is 8.59. The van der Waals surface area contributed by atoms with Gasteiger partial charge in [-0.2, -0.15) is 9.57 Å². The van der Waals surface area contributed by atoms with E-state index in [1.165, 1.54) is 47.0 Å². The maximum absolute atomic E-state index is 12.9. The Bertz CT molecular complexity index is 1280. The van der Waals surface area contributed by atoms with Gasteiger partial charge in [-0.3, -0.25) is 4.79 Å². The second-order valence-corrected chi connectivity index (χ2v) is 11.7. The number of nitriles is 1. The van der Waals surface area contributed by atoms with Gasteiger partial charge in [-0.05, 0) is 56.0 Å². The molecule has 192 valence electrons. The van der Waals surface area contributed by atoms with Crippen molar-refractivity contribution in [2.45, 2.75) is 43.7 Å². The summed E-state index contributed by atoms with van der Waals surface area (Å²) in [4.78, 5) is 27.5. The molecule has 0 aliphatic carbocycles. The van der Waals surface area contributed by atoms with E-state index < -0.39 is 22.0 Å². The number of anilines is 1. The summed E-state index contributed by atoms with van der Waals surface area (Å²) < 4.78 is 37.7. The zero-order chi connectivity index (χ0) is 25.9. The molecule has 2 aliphatic rings. The van der Waals surface area contributed by atoms with Crippen LogP contribution >= 0.6 is 11.3 Å². The van der Waals surface area contributed by atoms with E-state index in [0.717, 1.165) is 23.3 Å². The number of fused-ring (bicyclic) bond motifs is 1. The predicted molar refractivity (Wildman–Crippen MR) is 133 cm³/mol. The molecule has 1 aromatic carbocycles. The molecule has 1 N–H and O–H groups in total. The Morgan fingerprint density at radius 2 is 2.08 bits per heavy atom. The number of amides is 2. The standard InChI is InChI=1S/C24H28N4O6S2/c1-3-33-24(30)28-11-10-19-20(13-25)23(35-21(19)15-28)26-22(29)16-6-8-18(9-7-16)36(31,32)27(2)14-17-5-4-12-34-17/h6-9,17H,3-5,10-12,14-15H2,1-2H3,(H,26,29). The average molecular weight is 533 g/mol. The number of nitrogens with one attached hydrogen (secondary N) is 1. The first kappa shape index (κ1) is 26.1. The Hall–Kier alpha value is -2.98. The van der Waals surface area contributed by atoms with E-state index in [0.29, 0.717) is 36.7 Å². The molecule has 2 aliphatic heterocycles. The number of carbonyl (C=O) groups excluding carboxylic acids is 2. The fourth-order valence-electron chi connectivity index (χ4n) is 4.29. The average Bonchev–Trinajstić information content (AvgIpc) is 3.50. The molecule has 1 aromatic heterocycles. The molecule has 1 atom stereocenters. The fourth-order valence-corrected chi connectivity index (χ4v) is 6.70. The van der Waals surface area contributed by atoms with Crippen LogP contribution in [0, 0.1) is 11.3 Å². The molecule has 36 heavy (non-hydrogen) atoms. The number of rotatable bonds is 7. The van der Waals surface area contributed by atoms with Gasteiger partial charge in [0.1, 0.15) is 11.1 Å². The molecule has 0 saturated carbocycles. The largest absolute Gasteiger partial charge is 0.450 e. The quantitative estimate of drug-likeness (QED) is 0.580. The Balaban J connectivity index is 1.46. The summed E-state index contributed by atoms with van der Waals surface area (Å²) in [7, 11) is -2.20. The first-order valence-electron chi connectivity index (χ1n) is 11.7. The fraction of sp³-hybridized carbons (Fsp3) is 0.458. The van der Waals surface area contributed by atoms with Crippen molar-refractivity contribution < 1.29 is 27.5 Å². The van der Waals surface area contributed by atoms with Gasteiger partial charge in [0, 0.05) is 37.2 Å². The first-order chi connectivity index (χ1) is 17.2. The third-order valence-electron chi connectivity index (χ3n) is 6.23. The summed E-state index contributed by atoms with van der Waals surface area (Å²) >= 11 is 1.26. The maximum atomic E-state index is 12.9. The van der Waals surface area contributed by atoms with Crippen LogP contribution in [0.25, 0.3) is 0 Å². The van der Waals surface area contributed by atoms with Gasteiger partial charge in [0.05, 0.1) is 29.7 Å². The smallest absolute Gasteiger partial charge is 0.410 e. The zero-order valence-corrected chi connectivity index (χ0v) is 21.8. The third-order valence-corrected chi connectivity index (χ3v) is 9.20. The van der Waals surface area contributed by atoms with Crippen LogP contribution in [0.1, 0.15) is 46.1 Å². The predicted octanol–water partition coefficient (Wildman–Crippen LogP) is 3.19. The number of thiophene rings is 1. The van der Waals surface area contributed by atoms with E-state index in [4.69, 9.17) is 9.47 Å². The van der Waals surface area contributed by atoms with Gasteiger partial charge >= 0.3 is 6.09 Å². The van der Waals surface area contributed by atoms with Crippen molar-refractivity contribution in [3.05, 3.63) is 45.8 Å². The lowest BCUT2D eigenvalue weighted by Crippen LogP contribution is -2.35. The molecular weight excluding hydrogens is 504 g/mol. The lowest BCUT2D eigenvalue weighted by atomic mass is 10.0. The van der Waals surface area contributed by atoms with E-state index in [1.54, 1.807) is 11.8 Å². The highest BCUT2D eigenvalue weighted by Gasteiger charge is 2.29. The van der Waals surface area contributed by atoms with Gasteiger partial charge in [0.25, 0.3) is 5.91 Å². The molecule has 3 heterocycles. The Labute approximate surface area is 214 Å². The molecular formula is C24H28N4O6S2. The van der Waals surface area contributed by atoms with Crippen LogP contribution in [0.4, 0.5) is 9.80 Å². The SMILES string of the molecule is CCOC(=O)N1CCc2c(sc(NC(=O)c3ccc(S(=O)(=O)N(C)CC4CCCO4)cc3)c2C#N)C1. The number of hydrogen-bond donors (Lipinski definition) is 1. The summed E-state index contributed by atoms with van der Waals surface area (Å²) in [6.45, 7) is 3.69. The molecule has 0 bridgehead atoms. The van der Waals surface area contributed by atoms with Crippen LogP contribution in [0.15, 0.2) is 29.2 Å². The van der Waals surface area contributed by atoms with Gasteiger partial charge in [0.2, 0.25) is 10.0 Å². The van der Waals surface area contributed by atoms with Crippen LogP contribution in [0.3, 0.4) is 0 Å². The highest BCUT2D eigenvalue weighted by Crippen LogP contribution is 2.37. The van der Waals surface area contributed by atoms with E-state index in [1.807, 2.05) is 0 Å². The van der Waals surface area contributed by atoms with Gasteiger partial charge in [-0.25, -0.2) is 13.2 Å². The highest BCUT2D eigenvalue weighted by atomic mass is 32.2. The molecule has 1 unspecified atom stereocenters. The molecule has 2 amide bonds. The Morgan fingerprint density at radius 1 is 1.33 bits per heavy atom. The molecule has 1 fully saturated rings. The molecule has 10 nitrogen and oxygen atoms in total. The number of hydrogen-bond acceptors (Lipinski definition) is 8. The minimum Gasteiger partial charge on any atom is -0.450 e. The van der Waals surface area contributed by atoms with Gasteiger partial charge in [0.15, 0.2) is 0 Å². The maximum Gasteiger partial charge on any atom is 0.410 e. The molecule has 4 rings (SSSR count). The Morgan fingerprint density at radius 3 is 2.72 bits per heavy atom. The number of likely N-dealkylation sites (N-methyl/N-ethyl adjacent to an activating group) is 1. The summed E-state index contributed by atoms with van der Waals surface area (Å²) in [6, 6.07) is 7.87. The molecule has 2 aromatic rings. The zero-order valence-electron chi connectivity index (χ0n) is 20.2. The van der Waals surface area contributed by atoms with E-state index in [2.05, 4.69) is 11.4 Å². The van der Waals surface area contributed by atoms with E-state index >= 15 is 0 Å². The molecule has 12 heteroatoms. The molecule has 0 radical (unpaired) electrons. The first-order valence-corrected chi connectivity index (χ1v) is 14.0. The van der Waals surface area contributed by atoms with Crippen molar-refractivity contribution in [2.75, 3.05) is 38.7 Å². The molecule has 1 saturated heterocycles. The van der Waals surface area contributed by atoms with E-state index in [-0.39, 0.29) is 29.7 Å². The summed E-state index contributed by atoms with van der Waals surface area (Å²) in [5.74, 6) is -0.455. The number of sulfonamides is 1. The van der Waals surface area contributed by atoms with Crippen molar-refractivity contribution in [3.63, 3.8) is 0 Å². The third kappa shape index (κ3) is 5.39.